The molecule has 6 nitrogen and oxygen atoms in total. The Kier molecular flexibility index (Phi) is 3.26. The molecule has 0 aliphatic carbocycles. The van der Waals surface area contributed by atoms with Crippen molar-refractivity contribution < 1.29 is 4.79 Å². The summed E-state index contributed by atoms with van der Waals surface area (Å²) >= 11 is 1.15. The zero-order valence-corrected chi connectivity index (χ0v) is 11.5. The van der Waals surface area contributed by atoms with Gasteiger partial charge in [0.25, 0.3) is 5.91 Å². The van der Waals surface area contributed by atoms with Crippen molar-refractivity contribution in [1.29, 1.82) is 0 Å². The lowest BCUT2D eigenvalue weighted by atomic mass is 10.2. The second-order valence-electron chi connectivity index (χ2n) is 4.15. The SMILES string of the molecule is Cn1cc(C(=O)Nc2nc(-c3ccccc3)ns2)cn1. The van der Waals surface area contributed by atoms with Crippen LogP contribution in [0.1, 0.15) is 10.4 Å². The molecule has 0 bridgehead atoms. The minimum absolute atomic E-state index is 0.242. The predicted molar refractivity (Wildman–Crippen MR) is 76.5 cm³/mol. The monoisotopic (exact) mass is 285 g/mol. The molecule has 1 amide bonds. The molecule has 0 unspecified atom stereocenters. The minimum Gasteiger partial charge on any atom is -0.296 e. The Morgan fingerprint density at radius 1 is 1.30 bits per heavy atom. The number of rotatable bonds is 3. The van der Waals surface area contributed by atoms with Crippen molar-refractivity contribution in [1.82, 2.24) is 19.1 Å². The predicted octanol–water partition coefficient (Wildman–Crippen LogP) is 2.19. The van der Waals surface area contributed by atoms with Crippen LogP contribution in [0.4, 0.5) is 5.13 Å². The van der Waals surface area contributed by atoms with E-state index in [0.717, 1.165) is 17.1 Å². The topological polar surface area (TPSA) is 72.7 Å². The molecule has 1 N–H and O–H groups in total. The zero-order valence-electron chi connectivity index (χ0n) is 10.6. The lowest BCUT2D eigenvalue weighted by Gasteiger charge is -1.96. The van der Waals surface area contributed by atoms with Gasteiger partial charge in [0.2, 0.25) is 5.13 Å². The van der Waals surface area contributed by atoms with E-state index in [2.05, 4.69) is 19.8 Å². The van der Waals surface area contributed by atoms with Crippen molar-refractivity contribution in [3.8, 4) is 11.4 Å². The summed E-state index contributed by atoms with van der Waals surface area (Å²) in [6.07, 6.45) is 3.16. The van der Waals surface area contributed by atoms with Crippen LogP contribution < -0.4 is 5.32 Å². The van der Waals surface area contributed by atoms with Gasteiger partial charge in [-0.2, -0.15) is 14.5 Å². The maximum Gasteiger partial charge on any atom is 0.260 e. The Morgan fingerprint density at radius 2 is 2.10 bits per heavy atom. The van der Waals surface area contributed by atoms with Crippen LogP contribution in [0.25, 0.3) is 11.4 Å². The van der Waals surface area contributed by atoms with Crippen LogP contribution >= 0.6 is 11.5 Å². The molecule has 0 saturated carbocycles. The molecule has 0 aliphatic rings. The summed E-state index contributed by atoms with van der Waals surface area (Å²) < 4.78 is 5.81. The van der Waals surface area contributed by atoms with Crippen LogP contribution in [-0.2, 0) is 7.05 Å². The van der Waals surface area contributed by atoms with Crippen LogP contribution in [0.15, 0.2) is 42.7 Å². The van der Waals surface area contributed by atoms with Crippen molar-refractivity contribution >= 4 is 22.6 Å². The molecule has 7 heteroatoms. The Hall–Kier alpha value is -2.54. The number of carbonyl (C=O) groups is 1. The van der Waals surface area contributed by atoms with Crippen molar-refractivity contribution in [3.63, 3.8) is 0 Å². The summed E-state index contributed by atoms with van der Waals surface area (Å²) in [7, 11) is 1.76. The summed E-state index contributed by atoms with van der Waals surface area (Å²) in [6, 6.07) is 9.62. The average Bonchev–Trinajstić information content (AvgIpc) is 3.09. The minimum atomic E-state index is -0.242. The van der Waals surface area contributed by atoms with Gasteiger partial charge < -0.3 is 0 Å². The lowest BCUT2D eigenvalue weighted by Crippen LogP contribution is -2.10. The number of hydrogen-bond donors (Lipinski definition) is 1. The van der Waals surface area contributed by atoms with Crippen LogP contribution in [0.5, 0.6) is 0 Å². The summed E-state index contributed by atoms with van der Waals surface area (Å²) in [5, 5.41) is 7.14. The number of aromatic nitrogens is 4. The third kappa shape index (κ3) is 2.57. The number of benzene rings is 1. The fourth-order valence-corrected chi connectivity index (χ4v) is 2.27. The molecule has 2 heterocycles. The summed E-state index contributed by atoms with van der Waals surface area (Å²) in [6.45, 7) is 0. The highest BCUT2D eigenvalue weighted by Crippen LogP contribution is 2.20. The molecular weight excluding hydrogens is 274 g/mol. The zero-order chi connectivity index (χ0) is 13.9. The highest BCUT2D eigenvalue weighted by atomic mass is 32.1. The van der Waals surface area contributed by atoms with Crippen molar-refractivity contribution in [2.75, 3.05) is 5.32 Å². The molecule has 20 heavy (non-hydrogen) atoms. The Labute approximate surface area is 119 Å². The van der Waals surface area contributed by atoms with Crippen LogP contribution in [0, 0.1) is 0 Å². The first-order valence-corrected chi connectivity index (χ1v) is 6.69. The quantitative estimate of drug-likeness (QED) is 0.800. The fraction of sp³-hybridized carbons (Fsp3) is 0.0769. The second kappa shape index (κ2) is 5.22. The van der Waals surface area contributed by atoms with E-state index in [1.807, 2.05) is 30.3 Å². The summed E-state index contributed by atoms with van der Waals surface area (Å²) in [4.78, 5) is 16.2. The smallest absolute Gasteiger partial charge is 0.260 e. The molecule has 0 saturated heterocycles. The van der Waals surface area contributed by atoms with Gasteiger partial charge in [-0.05, 0) is 0 Å². The van der Waals surface area contributed by atoms with Gasteiger partial charge in [-0.25, -0.2) is 0 Å². The maximum absolute atomic E-state index is 11.9. The van der Waals surface area contributed by atoms with Crippen LogP contribution in [0.2, 0.25) is 0 Å². The van der Waals surface area contributed by atoms with E-state index in [4.69, 9.17) is 0 Å². The Bertz CT molecular complexity index is 734. The van der Waals surface area contributed by atoms with E-state index in [1.54, 1.807) is 17.9 Å². The van der Waals surface area contributed by atoms with Crippen LogP contribution in [-0.4, -0.2) is 25.0 Å². The molecule has 2 aromatic heterocycles. The Morgan fingerprint density at radius 3 is 2.80 bits per heavy atom. The Balaban J connectivity index is 1.76. The number of nitrogens with zero attached hydrogens (tertiary/aromatic N) is 4. The van der Waals surface area contributed by atoms with Crippen LogP contribution in [0.3, 0.4) is 0 Å². The molecule has 0 spiro atoms. The van der Waals surface area contributed by atoms with E-state index in [0.29, 0.717) is 16.5 Å². The van der Waals surface area contributed by atoms with Gasteiger partial charge in [0.15, 0.2) is 5.82 Å². The molecule has 0 aliphatic heterocycles. The van der Waals surface area contributed by atoms with Gasteiger partial charge in [-0.15, -0.1) is 0 Å². The number of anilines is 1. The van der Waals surface area contributed by atoms with E-state index in [9.17, 15) is 4.79 Å². The third-order valence-electron chi connectivity index (χ3n) is 2.65. The molecule has 3 rings (SSSR count). The largest absolute Gasteiger partial charge is 0.296 e. The molecule has 0 radical (unpaired) electrons. The van der Waals surface area contributed by atoms with Gasteiger partial charge >= 0.3 is 0 Å². The first-order chi connectivity index (χ1) is 9.72. The molecule has 3 aromatic rings. The molecule has 1 aromatic carbocycles. The average molecular weight is 285 g/mol. The summed E-state index contributed by atoms with van der Waals surface area (Å²) in [5.41, 5.74) is 1.41. The second-order valence-corrected chi connectivity index (χ2v) is 4.90. The van der Waals surface area contributed by atoms with E-state index >= 15 is 0 Å². The fourth-order valence-electron chi connectivity index (χ4n) is 1.69. The van der Waals surface area contributed by atoms with E-state index in [1.165, 1.54) is 6.20 Å². The van der Waals surface area contributed by atoms with Gasteiger partial charge in [0.05, 0.1) is 11.8 Å². The number of aryl methyl sites for hydroxylation is 1. The number of nitrogens with one attached hydrogen (secondary N) is 1. The van der Waals surface area contributed by atoms with Gasteiger partial charge in [-0.3, -0.25) is 14.8 Å². The van der Waals surface area contributed by atoms with Crippen molar-refractivity contribution in [3.05, 3.63) is 48.3 Å². The highest BCUT2D eigenvalue weighted by Gasteiger charge is 2.12. The van der Waals surface area contributed by atoms with E-state index in [-0.39, 0.29) is 5.91 Å². The van der Waals surface area contributed by atoms with Crippen molar-refractivity contribution in [2.45, 2.75) is 0 Å². The van der Waals surface area contributed by atoms with Gasteiger partial charge in [0, 0.05) is 30.3 Å². The molecule has 100 valence electrons. The normalized spacial score (nSPS) is 10.4. The maximum atomic E-state index is 11.9. The van der Waals surface area contributed by atoms with E-state index < -0.39 is 0 Å². The molecule has 0 atom stereocenters. The summed E-state index contributed by atoms with van der Waals surface area (Å²) in [5.74, 6) is 0.367. The number of hydrogen-bond acceptors (Lipinski definition) is 5. The molecular formula is C13H11N5OS. The van der Waals surface area contributed by atoms with Crippen molar-refractivity contribution in [2.24, 2.45) is 7.05 Å². The first kappa shape index (κ1) is 12.5. The lowest BCUT2D eigenvalue weighted by molar-refractivity contribution is 0.102. The third-order valence-corrected chi connectivity index (χ3v) is 3.28. The number of amides is 1. The van der Waals surface area contributed by atoms with Gasteiger partial charge in [-0.1, -0.05) is 30.3 Å². The number of carbonyl (C=O) groups excluding carboxylic acids is 1. The van der Waals surface area contributed by atoms with Gasteiger partial charge in [0.1, 0.15) is 0 Å². The highest BCUT2D eigenvalue weighted by molar-refractivity contribution is 7.10. The molecule has 0 fully saturated rings. The standard InChI is InChI=1S/C13H11N5OS/c1-18-8-10(7-14-18)12(19)16-13-15-11(17-20-13)9-5-3-2-4-6-9/h2-8H,1H3,(H,15,16,17,19). The first-order valence-electron chi connectivity index (χ1n) is 5.91.